The lowest BCUT2D eigenvalue weighted by atomic mass is 10.1. The number of rotatable bonds is 6. The summed E-state index contributed by atoms with van der Waals surface area (Å²) < 4.78 is 10.8. The van der Waals surface area contributed by atoms with E-state index in [4.69, 9.17) is 9.47 Å². The maximum atomic E-state index is 5.38. The molecule has 0 spiro atoms. The highest BCUT2D eigenvalue weighted by Gasteiger charge is 1.98. The van der Waals surface area contributed by atoms with Crippen molar-refractivity contribution in [3.8, 4) is 11.5 Å². The lowest BCUT2D eigenvalue weighted by molar-refractivity contribution is 0.414. The van der Waals surface area contributed by atoms with Crippen LogP contribution in [0.3, 0.4) is 0 Å². The van der Waals surface area contributed by atoms with Crippen LogP contribution in [0.5, 0.6) is 11.5 Å². The molecular weight excluding hydrogens is 320 g/mol. The molecule has 2 nitrogen and oxygen atoms in total. The summed E-state index contributed by atoms with van der Waals surface area (Å²) in [6.45, 7) is 0. The molecule has 2 heteroatoms. The third-order valence-electron chi connectivity index (χ3n) is 4.13. The second-order valence-electron chi connectivity index (χ2n) is 5.82. The summed E-state index contributed by atoms with van der Waals surface area (Å²) in [4.78, 5) is 0. The van der Waals surface area contributed by atoms with Crippen LogP contribution in [0.1, 0.15) is 22.3 Å². The van der Waals surface area contributed by atoms with Gasteiger partial charge in [-0.3, -0.25) is 0 Å². The summed E-state index contributed by atoms with van der Waals surface area (Å²) >= 11 is 0. The zero-order valence-corrected chi connectivity index (χ0v) is 15.1. The molecule has 0 aliphatic heterocycles. The van der Waals surface area contributed by atoms with Crippen LogP contribution in [0.15, 0.2) is 72.8 Å². The van der Waals surface area contributed by atoms with Gasteiger partial charge in [0.2, 0.25) is 0 Å². The summed E-state index contributed by atoms with van der Waals surface area (Å²) in [5.74, 6) is 1.75. The third-order valence-corrected chi connectivity index (χ3v) is 4.13. The first-order valence-corrected chi connectivity index (χ1v) is 8.52. The smallest absolute Gasteiger partial charge is 0.126 e. The molecule has 0 N–H and O–H groups in total. The van der Waals surface area contributed by atoms with Gasteiger partial charge in [-0.25, -0.2) is 0 Å². The Hall–Kier alpha value is -3.26. The lowest BCUT2D eigenvalue weighted by Crippen LogP contribution is -1.85. The van der Waals surface area contributed by atoms with Crippen molar-refractivity contribution < 1.29 is 9.47 Å². The van der Waals surface area contributed by atoms with Gasteiger partial charge in [-0.2, -0.15) is 0 Å². The Bertz CT molecular complexity index is 829. The molecule has 130 valence electrons. The molecule has 0 atom stereocenters. The van der Waals surface area contributed by atoms with Crippen molar-refractivity contribution in [1.29, 1.82) is 0 Å². The number of ether oxygens (including phenoxy) is 2. The van der Waals surface area contributed by atoms with Crippen LogP contribution in [0.2, 0.25) is 0 Å². The molecule has 0 aliphatic carbocycles. The second-order valence-corrected chi connectivity index (χ2v) is 5.82. The highest BCUT2D eigenvalue weighted by atomic mass is 16.5. The van der Waals surface area contributed by atoms with Gasteiger partial charge in [0, 0.05) is 11.1 Å². The molecule has 3 rings (SSSR count). The lowest BCUT2D eigenvalue weighted by Gasteiger charge is -2.04. The summed E-state index contributed by atoms with van der Waals surface area (Å²) in [5.41, 5.74) is 4.42. The molecule has 0 aromatic heterocycles. The first kappa shape index (κ1) is 17.6. The predicted octanol–water partition coefficient (Wildman–Crippen LogP) is 6.04. The Morgan fingerprint density at radius 3 is 1.27 bits per heavy atom. The maximum Gasteiger partial charge on any atom is 0.126 e. The van der Waals surface area contributed by atoms with E-state index in [1.165, 1.54) is 0 Å². The average Bonchev–Trinajstić information content (AvgIpc) is 2.72. The molecule has 0 fully saturated rings. The fourth-order valence-electron chi connectivity index (χ4n) is 2.70. The van der Waals surface area contributed by atoms with E-state index < -0.39 is 0 Å². The molecule has 0 heterocycles. The van der Waals surface area contributed by atoms with Gasteiger partial charge in [0.15, 0.2) is 0 Å². The van der Waals surface area contributed by atoms with Gasteiger partial charge in [-0.05, 0) is 23.3 Å². The van der Waals surface area contributed by atoms with E-state index in [0.29, 0.717) is 0 Å². The van der Waals surface area contributed by atoms with Gasteiger partial charge >= 0.3 is 0 Å². The highest BCUT2D eigenvalue weighted by molar-refractivity contribution is 5.75. The first-order chi connectivity index (χ1) is 12.8. The normalized spacial score (nSPS) is 11.2. The summed E-state index contributed by atoms with van der Waals surface area (Å²) in [6.07, 6.45) is 8.31. The number of methoxy groups -OCH3 is 2. The fraction of sp³-hybridized carbons (Fsp3) is 0.0833. The van der Waals surface area contributed by atoms with Gasteiger partial charge < -0.3 is 9.47 Å². The molecule has 26 heavy (non-hydrogen) atoms. The third kappa shape index (κ3) is 4.42. The van der Waals surface area contributed by atoms with Crippen molar-refractivity contribution in [2.24, 2.45) is 0 Å². The fourth-order valence-corrected chi connectivity index (χ4v) is 2.70. The van der Waals surface area contributed by atoms with E-state index in [0.717, 1.165) is 33.8 Å². The molecule has 3 aromatic rings. The maximum absolute atomic E-state index is 5.38. The molecule has 0 saturated carbocycles. The Labute approximate surface area is 155 Å². The molecule has 0 amide bonds. The van der Waals surface area contributed by atoms with Crippen molar-refractivity contribution in [2.75, 3.05) is 14.2 Å². The summed E-state index contributed by atoms with van der Waals surface area (Å²) in [5, 5.41) is 0. The molecule has 0 aliphatic rings. The van der Waals surface area contributed by atoms with E-state index in [9.17, 15) is 0 Å². The molecule has 0 bridgehead atoms. The average molecular weight is 342 g/mol. The zero-order chi connectivity index (χ0) is 18.2. The van der Waals surface area contributed by atoms with Crippen molar-refractivity contribution in [3.63, 3.8) is 0 Å². The van der Waals surface area contributed by atoms with Crippen LogP contribution in [0.25, 0.3) is 24.3 Å². The van der Waals surface area contributed by atoms with Crippen LogP contribution in [0, 0.1) is 0 Å². The minimum atomic E-state index is 0.875. The minimum absolute atomic E-state index is 0.875. The molecule has 3 aromatic carbocycles. The zero-order valence-electron chi connectivity index (χ0n) is 15.1. The molecule has 0 saturated heterocycles. The van der Waals surface area contributed by atoms with Crippen molar-refractivity contribution in [1.82, 2.24) is 0 Å². The second kappa shape index (κ2) is 8.72. The monoisotopic (exact) mass is 342 g/mol. The van der Waals surface area contributed by atoms with Gasteiger partial charge in [0.05, 0.1) is 14.2 Å². The summed E-state index contributed by atoms with van der Waals surface area (Å²) in [7, 11) is 3.38. The van der Waals surface area contributed by atoms with E-state index in [2.05, 4.69) is 48.6 Å². The highest BCUT2D eigenvalue weighted by Crippen LogP contribution is 2.22. The van der Waals surface area contributed by atoms with Crippen molar-refractivity contribution >= 4 is 24.3 Å². The topological polar surface area (TPSA) is 18.5 Å². The van der Waals surface area contributed by atoms with E-state index >= 15 is 0 Å². The standard InChI is InChI=1S/C24H22O2/c1-25-23-9-5-3-7-21(23)17-15-19-11-13-20(14-12-19)16-18-22-8-4-6-10-24(22)26-2/h3-18H,1-2H3. The van der Waals surface area contributed by atoms with Crippen molar-refractivity contribution in [2.45, 2.75) is 0 Å². The molecule has 0 radical (unpaired) electrons. The number of hydrogen-bond donors (Lipinski definition) is 0. The van der Waals surface area contributed by atoms with Crippen LogP contribution >= 0.6 is 0 Å². The Balaban J connectivity index is 1.72. The molecule has 0 unspecified atom stereocenters. The quantitative estimate of drug-likeness (QED) is 0.508. The Kier molecular flexibility index (Phi) is 5.89. The SMILES string of the molecule is COc1ccccc1C=Cc1ccc(C=Cc2ccccc2OC)cc1. The number of para-hydroxylation sites is 2. The van der Waals surface area contributed by atoms with Crippen LogP contribution in [-0.2, 0) is 0 Å². The van der Waals surface area contributed by atoms with E-state index in [1.807, 2.05) is 48.5 Å². The van der Waals surface area contributed by atoms with Crippen LogP contribution < -0.4 is 9.47 Å². The Morgan fingerprint density at radius 1 is 0.500 bits per heavy atom. The van der Waals surface area contributed by atoms with Gasteiger partial charge in [0.25, 0.3) is 0 Å². The van der Waals surface area contributed by atoms with Crippen molar-refractivity contribution in [3.05, 3.63) is 95.1 Å². The number of hydrogen-bond acceptors (Lipinski definition) is 2. The number of benzene rings is 3. The van der Waals surface area contributed by atoms with Gasteiger partial charge in [-0.1, -0.05) is 85.0 Å². The predicted molar refractivity (Wildman–Crippen MR) is 110 cm³/mol. The molecular formula is C24H22O2. The van der Waals surface area contributed by atoms with Crippen LogP contribution in [0.4, 0.5) is 0 Å². The van der Waals surface area contributed by atoms with E-state index in [-0.39, 0.29) is 0 Å². The first-order valence-electron chi connectivity index (χ1n) is 8.52. The van der Waals surface area contributed by atoms with E-state index in [1.54, 1.807) is 14.2 Å². The van der Waals surface area contributed by atoms with Gasteiger partial charge in [0.1, 0.15) is 11.5 Å². The largest absolute Gasteiger partial charge is 0.496 e. The Morgan fingerprint density at radius 2 is 0.885 bits per heavy atom. The van der Waals surface area contributed by atoms with Crippen LogP contribution in [-0.4, -0.2) is 14.2 Å². The van der Waals surface area contributed by atoms with Gasteiger partial charge in [-0.15, -0.1) is 0 Å². The minimum Gasteiger partial charge on any atom is -0.496 e. The summed E-state index contributed by atoms with van der Waals surface area (Å²) in [6, 6.07) is 24.4.